The van der Waals surface area contributed by atoms with Crippen LogP contribution in [0.5, 0.6) is 11.5 Å². The maximum absolute atomic E-state index is 13.4. The van der Waals surface area contributed by atoms with E-state index in [4.69, 9.17) is 14.2 Å². The van der Waals surface area contributed by atoms with Crippen molar-refractivity contribution in [1.82, 2.24) is 25.0 Å². The molecule has 4 saturated heterocycles. The topological polar surface area (TPSA) is 157 Å². The molecule has 0 radical (unpaired) electrons. The number of benzene rings is 5. The Morgan fingerprint density at radius 1 is 0.765 bits per heavy atom. The quantitative estimate of drug-likeness (QED) is 0.0634. The van der Waals surface area contributed by atoms with Gasteiger partial charge in [0.2, 0.25) is 5.56 Å². The number of aliphatic hydroxyl groups excluding tert-OH is 1. The van der Waals surface area contributed by atoms with Crippen LogP contribution in [-0.2, 0) is 34.0 Å². The average Bonchev–Trinajstić information content (AvgIpc) is 3.37. The van der Waals surface area contributed by atoms with Gasteiger partial charge < -0.3 is 34.7 Å². The van der Waals surface area contributed by atoms with Crippen LogP contribution in [0.25, 0.3) is 10.9 Å². The highest BCUT2D eigenvalue weighted by molar-refractivity contribution is 5.89. The van der Waals surface area contributed by atoms with Gasteiger partial charge in [-0.05, 0) is 102 Å². The van der Waals surface area contributed by atoms with E-state index < -0.39 is 6.10 Å². The Kier molecular flexibility index (Phi) is 15.2. The van der Waals surface area contributed by atoms with Crippen LogP contribution in [0.15, 0.2) is 132 Å². The number of phenols is 1. The van der Waals surface area contributed by atoms with Crippen molar-refractivity contribution in [2.45, 2.75) is 57.1 Å². The molecule has 2 bridgehead atoms. The summed E-state index contributed by atoms with van der Waals surface area (Å²) in [5.74, 6) is 0.463. The first-order chi connectivity index (χ1) is 33.2. The number of rotatable bonds is 19. The monoisotopic (exact) mass is 919 g/mol. The van der Waals surface area contributed by atoms with E-state index in [9.17, 15) is 24.6 Å². The number of carbonyl (C=O) groups is 2. The highest BCUT2D eigenvalue weighted by Crippen LogP contribution is 2.34. The number of H-pyrrole nitrogens is 1. The van der Waals surface area contributed by atoms with Crippen LogP contribution < -0.4 is 15.6 Å². The fourth-order valence-electron chi connectivity index (χ4n) is 9.82. The minimum atomic E-state index is -0.817. The Labute approximate surface area is 397 Å². The maximum Gasteiger partial charge on any atom is 0.338 e. The van der Waals surface area contributed by atoms with Crippen LogP contribution >= 0.6 is 0 Å². The third kappa shape index (κ3) is 12.0. The van der Waals surface area contributed by atoms with Crippen LogP contribution in [0, 0.1) is 5.92 Å². The van der Waals surface area contributed by atoms with Crippen LogP contribution in [0.3, 0.4) is 0 Å². The maximum atomic E-state index is 13.4. The van der Waals surface area contributed by atoms with Crippen molar-refractivity contribution in [1.29, 1.82) is 0 Å². The standard InChI is InChI=1S/C55H61N5O8/c61-49-19-17-46(47-18-20-52(63)57-54(47)49)50(62)34-56-33-38-9-11-39(12-10-38)35-60-27-25-58(26-28-60)29-30-66-55(65)43-15-13-40(14-16-43)37-67-45-8-4-7-44(31-45)48(41-5-2-1-3-6-41)32-53(64)68-51-36-59-23-21-42(51)22-24-59/h1-20,31,42,48,50-51,56,61-62H,21-30,32-37H2,(H,57,63)/t48-,50-,51-/m0/s1. The molecule has 0 spiro atoms. The van der Waals surface area contributed by atoms with Crippen LogP contribution in [-0.4, -0.2) is 113 Å². The second-order valence-corrected chi connectivity index (χ2v) is 18.4. The van der Waals surface area contributed by atoms with E-state index in [0.717, 1.165) is 87.5 Å². The molecule has 3 atom stereocenters. The number of nitrogens with one attached hydrogen (secondary N) is 2. The number of piperidine rings is 3. The van der Waals surface area contributed by atoms with E-state index in [-0.39, 0.29) is 41.7 Å². The summed E-state index contributed by atoms with van der Waals surface area (Å²) in [5, 5.41) is 25.0. The minimum Gasteiger partial charge on any atom is -0.506 e. The van der Waals surface area contributed by atoms with Gasteiger partial charge in [-0.15, -0.1) is 0 Å². The molecule has 4 aliphatic heterocycles. The Morgan fingerprint density at radius 2 is 1.49 bits per heavy atom. The largest absolute Gasteiger partial charge is 0.506 e. The molecule has 68 heavy (non-hydrogen) atoms. The van der Waals surface area contributed by atoms with Crippen molar-refractivity contribution in [2.24, 2.45) is 5.92 Å². The summed E-state index contributed by atoms with van der Waals surface area (Å²) in [6.07, 6.45) is 1.62. The van der Waals surface area contributed by atoms with E-state index >= 15 is 0 Å². The van der Waals surface area contributed by atoms with Crippen molar-refractivity contribution >= 4 is 22.8 Å². The van der Waals surface area contributed by atoms with Gasteiger partial charge >= 0.3 is 11.9 Å². The van der Waals surface area contributed by atoms with Crippen LogP contribution in [0.1, 0.15) is 75.0 Å². The summed E-state index contributed by atoms with van der Waals surface area (Å²) in [6, 6.07) is 40.1. The fourth-order valence-corrected chi connectivity index (χ4v) is 9.82. The summed E-state index contributed by atoms with van der Waals surface area (Å²) in [5.41, 5.74) is 6.45. The summed E-state index contributed by atoms with van der Waals surface area (Å²) in [7, 11) is 0. The van der Waals surface area contributed by atoms with Gasteiger partial charge in [0.05, 0.1) is 23.6 Å². The normalized spacial score (nSPS) is 19.3. The molecule has 5 heterocycles. The van der Waals surface area contributed by atoms with Crippen LogP contribution in [0.2, 0.25) is 0 Å². The number of aromatic nitrogens is 1. The van der Waals surface area contributed by atoms with Gasteiger partial charge in [0.1, 0.15) is 30.8 Å². The first kappa shape index (κ1) is 46.7. The lowest BCUT2D eigenvalue weighted by atomic mass is 9.85. The smallest absolute Gasteiger partial charge is 0.338 e. The molecule has 0 aliphatic carbocycles. The van der Waals surface area contributed by atoms with Gasteiger partial charge in [-0.2, -0.15) is 0 Å². The Balaban J connectivity index is 0.673. The SMILES string of the molecule is O=C(C[C@@H](c1ccccc1)c1cccc(OCc2ccc(C(=O)OCCN3CCN(Cc4ccc(CNC[C@H](O)c5ccc(O)c6[nH]c(=O)ccc56)cc4)CC3)cc2)c1)O[C@H]1CN2CCC1CC2. The first-order valence-corrected chi connectivity index (χ1v) is 23.9. The number of nitrogens with zero attached hydrogens (tertiary/aromatic N) is 3. The van der Waals surface area contributed by atoms with Crippen molar-refractivity contribution in [3.63, 3.8) is 0 Å². The number of esters is 2. The zero-order valence-corrected chi connectivity index (χ0v) is 38.4. The lowest BCUT2D eigenvalue weighted by Crippen LogP contribution is -2.52. The Hall–Kier alpha value is -6.35. The van der Waals surface area contributed by atoms with E-state index in [1.54, 1.807) is 24.3 Å². The Bertz CT molecular complexity index is 2680. The van der Waals surface area contributed by atoms with Gasteiger partial charge in [-0.3, -0.25) is 24.3 Å². The number of fused-ring (bicyclic) bond motifs is 4. The molecular weight excluding hydrogens is 859 g/mol. The second-order valence-electron chi connectivity index (χ2n) is 18.4. The average molecular weight is 920 g/mol. The molecule has 1 aromatic heterocycles. The van der Waals surface area contributed by atoms with E-state index in [0.29, 0.717) is 66.5 Å². The number of hydrogen-bond donors (Lipinski definition) is 4. The predicted octanol–water partition coefficient (Wildman–Crippen LogP) is 6.77. The summed E-state index contributed by atoms with van der Waals surface area (Å²) in [6.45, 7) is 9.74. The third-order valence-electron chi connectivity index (χ3n) is 13.8. The first-order valence-electron chi connectivity index (χ1n) is 23.9. The molecule has 4 aliphatic rings. The number of aromatic hydroxyl groups is 1. The van der Waals surface area contributed by atoms with E-state index in [2.05, 4.69) is 61.4 Å². The second kappa shape index (κ2) is 22.2. The number of pyridine rings is 1. The molecule has 10 rings (SSSR count). The van der Waals surface area contributed by atoms with Gasteiger partial charge in [-0.25, -0.2) is 4.79 Å². The molecule has 0 unspecified atom stereocenters. The predicted molar refractivity (Wildman–Crippen MR) is 261 cm³/mol. The van der Waals surface area contributed by atoms with Crippen LogP contribution in [0.4, 0.5) is 0 Å². The van der Waals surface area contributed by atoms with Crippen molar-refractivity contribution in [3.8, 4) is 11.5 Å². The molecule has 6 aromatic rings. The number of phenolic OH excluding ortho intramolecular Hbond substituents is 1. The molecule has 4 fully saturated rings. The summed E-state index contributed by atoms with van der Waals surface area (Å²) < 4.78 is 18.0. The van der Waals surface area contributed by atoms with Gasteiger partial charge in [0.15, 0.2) is 0 Å². The Morgan fingerprint density at radius 3 is 2.24 bits per heavy atom. The molecule has 13 nitrogen and oxygen atoms in total. The molecule has 0 amide bonds. The highest BCUT2D eigenvalue weighted by atomic mass is 16.5. The summed E-state index contributed by atoms with van der Waals surface area (Å²) >= 11 is 0. The van der Waals surface area contributed by atoms with Gasteiger partial charge in [0.25, 0.3) is 0 Å². The molecule has 13 heteroatoms. The molecule has 354 valence electrons. The van der Waals surface area contributed by atoms with Gasteiger partial charge in [0, 0.05) is 76.3 Å². The molecule has 0 saturated carbocycles. The fraction of sp³-hybridized carbons (Fsp3) is 0.364. The number of hydrogen-bond acceptors (Lipinski definition) is 12. The number of aromatic amines is 1. The van der Waals surface area contributed by atoms with Gasteiger partial charge in [-0.1, -0.05) is 84.9 Å². The van der Waals surface area contributed by atoms with Crippen molar-refractivity contribution in [3.05, 3.63) is 177 Å². The summed E-state index contributed by atoms with van der Waals surface area (Å²) in [4.78, 5) is 47.9. The molecule has 4 N–H and O–H groups in total. The number of ether oxygens (including phenoxy) is 3. The minimum absolute atomic E-state index is 0.0217. The zero-order chi connectivity index (χ0) is 46.8. The van der Waals surface area contributed by atoms with E-state index in [1.807, 2.05) is 54.6 Å². The number of aliphatic hydroxyl groups is 1. The van der Waals surface area contributed by atoms with Crippen molar-refractivity contribution in [2.75, 3.05) is 65.5 Å². The van der Waals surface area contributed by atoms with E-state index in [1.165, 1.54) is 17.7 Å². The molecule has 5 aromatic carbocycles. The molecular formula is C55H61N5O8. The number of carbonyl (C=O) groups excluding carboxylic acids is 2. The zero-order valence-electron chi connectivity index (χ0n) is 38.4. The van der Waals surface area contributed by atoms with Crippen molar-refractivity contribution < 1.29 is 34.0 Å². The third-order valence-corrected chi connectivity index (χ3v) is 13.8. The highest BCUT2D eigenvalue weighted by Gasteiger charge is 2.37. The lowest BCUT2D eigenvalue weighted by Gasteiger charge is -2.44. The lowest BCUT2D eigenvalue weighted by molar-refractivity contribution is -0.159. The number of piperazine rings is 1.